The Labute approximate surface area is 137 Å². The summed E-state index contributed by atoms with van der Waals surface area (Å²) in [7, 11) is 0. The maximum absolute atomic E-state index is 12.2. The van der Waals surface area contributed by atoms with Gasteiger partial charge in [0.1, 0.15) is 0 Å². The van der Waals surface area contributed by atoms with Crippen molar-refractivity contribution in [3.8, 4) is 0 Å². The third kappa shape index (κ3) is 4.49. The second-order valence-electron chi connectivity index (χ2n) is 4.52. The fourth-order valence-corrected chi connectivity index (χ4v) is 2.67. The first kappa shape index (κ1) is 15.3. The summed E-state index contributed by atoms with van der Waals surface area (Å²) in [6, 6.07) is 17.5. The lowest BCUT2D eigenvalue weighted by Crippen LogP contribution is -2.37. The summed E-state index contributed by atoms with van der Waals surface area (Å²) in [5.74, 6) is 0.315. The van der Waals surface area contributed by atoms with Gasteiger partial charge in [-0.25, -0.2) is 0 Å². The van der Waals surface area contributed by atoms with Crippen molar-refractivity contribution in [1.82, 2.24) is 5.32 Å². The molecule has 1 N–H and O–H groups in total. The largest absolute Gasteiger partial charge is 0.348 e. The first-order valence-electron chi connectivity index (χ1n) is 6.35. The Hall–Kier alpha value is -1.07. The van der Waals surface area contributed by atoms with E-state index in [-0.39, 0.29) is 11.9 Å². The average Bonchev–Trinajstić information content (AvgIpc) is 2.47. The molecule has 0 fully saturated rings. The molecule has 1 atom stereocenters. The number of amides is 1. The molecule has 20 heavy (non-hydrogen) atoms. The lowest BCUT2D eigenvalue weighted by Gasteiger charge is -2.16. The minimum absolute atomic E-state index is 0.0653. The predicted octanol–water partition coefficient (Wildman–Crippen LogP) is 3.87. The predicted molar refractivity (Wildman–Crippen MR) is 91.3 cm³/mol. The van der Waals surface area contributed by atoms with Crippen molar-refractivity contribution in [3.05, 3.63) is 69.3 Å². The van der Waals surface area contributed by atoms with Crippen molar-refractivity contribution in [1.29, 1.82) is 0 Å². The molecule has 0 spiro atoms. The summed E-state index contributed by atoms with van der Waals surface area (Å²) >= 11 is 8.16. The van der Waals surface area contributed by atoms with Gasteiger partial charge in [-0.2, -0.15) is 0 Å². The molecule has 2 nitrogen and oxygen atoms in total. The Kier molecular flexibility index (Phi) is 5.86. The zero-order valence-corrected chi connectivity index (χ0v) is 13.8. The fraction of sp³-hybridized carbons (Fsp3) is 0.188. The van der Waals surface area contributed by atoms with Gasteiger partial charge in [0, 0.05) is 21.1 Å². The Morgan fingerprint density at radius 3 is 2.55 bits per heavy atom. The summed E-state index contributed by atoms with van der Waals surface area (Å²) in [6.45, 7) is 0. The van der Waals surface area contributed by atoms with Gasteiger partial charge in [-0.05, 0) is 52.8 Å². The smallest absolute Gasteiger partial charge is 0.251 e. The van der Waals surface area contributed by atoms with E-state index in [0.717, 1.165) is 9.99 Å². The molecule has 104 valence electrons. The highest BCUT2D eigenvalue weighted by atomic mass is 127. The molecule has 4 heteroatoms. The van der Waals surface area contributed by atoms with Gasteiger partial charge in [-0.15, -0.1) is 11.6 Å². The molecule has 1 amide bonds. The summed E-state index contributed by atoms with van der Waals surface area (Å²) in [4.78, 5) is 12.2. The van der Waals surface area contributed by atoms with Crippen LogP contribution in [0.4, 0.5) is 0 Å². The molecule has 1 unspecified atom stereocenters. The highest BCUT2D eigenvalue weighted by Gasteiger charge is 2.13. The van der Waals surface area contributed by atoms with Crippen LogP contribution in [-0.2, 0) is 6.42 Å². The van der Waals surface area contributed by atoms with Crippen LogP contribution >= 0.6 is 34.2 Å². The first-order chi connectivity index (χ1) is 9.69. The van der Waals surface area contributed by atoms with Crippen LogP contribution in [0.2, 0.25) is 0 Å². The number of hydrogen-bond acceptors (Lipinski definition) is 1. The van der Waals surface area contributed by atoms with Gasteiger partial charge in [-0.3, -0.25) is 4.79 Å². The van der Waals surface area contributed by atoms with Crippen molar-refractivity contribution < 1.29 is 4.79 Å². The summed E-state index contributed by atoms with van der Waals surface area (Å²) in [5, 5.41) is 2.98. The molecular weight excluding hydrogens is 385 g/mol. The summed E-state index contributed by atoms with van der Waals surface area (Å²) < 4.78 is 1.04. The molecular formula is C16H15ClINO. The van der Waals surface area contributed by atoms with Gasteiger partial charge in [0.15, 0.2) is 0 Å². The number of carbonyl (C=O) groups is 1. The molecule has 0 aliphatic heterocycles. The van der Waals surface area contributed by atoms with E-state index in [1.165, 1.54) is 5.56 Å². The standard InChI is InChI=1S/C16H15ClINO/c17-11-15(9-12-5-2-1-3-6-12)19-16(20)13-7-4-8-14(18)10-13/h1-8,10,15H,9,11H2,(H,19,20). The Morgan fingerprint density at radius 2 is 1.90 bits per heavy atom. The van der Waals surface area contributed by atoms with Crippen LogP contribution in [0, 0.1) is 3.57 Å². The van der Waals surface area contributed by atoms with E-state index in [1.54, 1.807) is 0 Å². The average molecular weight is 400 g/mol. The second-order valence-corrected chi connectivity index (χ2v) is 6.08. The van der Waals surface area contributed by atoms with Crippen LogP contribution in [-0.4, -0.2) is 17.8 Å². The van der Waals surface area contributed by atoms with E-state index in [2.05, 4.69) is 27.9 Å². The summed E-state index contributed by atoms with van der Waals surface area (Å²) in [5.41, 5.74) is 1.83. The highest BCUT2D eigenvalue weighted by Crippen LogP contribution is 2.09. The molecule has 0 saturated heterocycles. The zero-order valence-electron chi connectivity index (χ0n) is 10.9. The van der Waals surface area contributed by atoms with Crippen LogP contribution in [0.15, 0.2) is 54.6 Å². The SMILES string of the molecule is O=C(NC(CCl)Cc1ccccc1)c1cccc(I)c1. The van der Waals surface area contributed by atoms with Crippen LogP contribution < -0.4 is 5.32 Å². The number of benzene rings is 2. The van der Waals surface area contributed by atoms with Gasteiger partial charge in [0.2, 0.25) is 0 Å². The summed E-state index contributed by atoms with van der Waals surface area (Å²) in [6.07, 6.45) is 0.736. The minimum Gasteiger partial charge on any atom is -0.348 e. The maximum atomic E-state index is 12.2. The van der Waals surface area contributed by atoms with Gasteiger partial charge in [0.05, 0.1) is 0 Å². The number of halogens is 2. The van der Waals surface area contributed by atoms with Gasteiger partial charge in [-0.1, -0.05) is 36.4 Å². The Bertz CT molecular complexity index is 574. The lowest BCUT2D eigenvalue weighted by atomic mass is 10.1. The van der Waals surface area contributed by atoms with Gasteiger partial charge in [0.25, 0.3) is 5.91 Å². The minimum atomic E-state index is -0.0786. The lowest BCUT2D eigenvalue weighted by molar-refractivity contribution is 0.0940. The number of hydrogen-bond donors (Lipinski definition) is 1. The fourth-order valence-electron chi connectivity index (χ4n) is 1.94. The van der Waals surface area contributed by atoms with E-state index in [4.69, 9.17) is 11.6 Å². The molecule has 0 aliphatic carbocycles. The van der Waals surface area contributed by atoms with Crippen molar-refractivity contribution in [2.75, 3.05) is 5.88 Å². The van der Waals surface area contributed by atoms with Gasteiger partial charge >= 0.3 is 0 Å². The Morgan fingerprint density at radius 1 is 1.15 bits per heavy atom. The molecule has 2 rings (SSSR count). The Balaban J connectivity index is 2.01. The first-order valence-corrected chi connectivity index (χ1v) is 7.96. The maximum Gasteiger partial charge on any atom is 0.251 e. The molecule has 0 bridgehead atoms. The molecule has 0 heterocycles. The number of carbonyl (C=O) groups excluding carboxylic acids is 1. The molecule has 0 saturated carbocycles. The normalized spacial score (nSPS) is 11.9. The van der Waals surface area contributed by atoms with Crippen molar-refractivity contribution in [3.63, 3.8) is 0 Å². The molecule has 2 aromatic rings. The van der Waals surface area contributed by atoms with Crippen molar-refractivity contribution in [2.45, 2.75) is 12.5 Å². The van der Waals surface area contributed by atoms with E-state index >= 15 is 0 Å². The monoisotopic (exact) mass is 399 g/mol. The van der Waals surface area contributed by atoms with E-state index in [9.17, 15) is 4.79 Å². The number of alkyl halides is 1. The number of rotatable bonds is 5. The molecule has 0 radical (unpaired) electrons. The molecule has 0 aliphatic rings. The number of nitrogens with one attached hydrogen (secondary N) is 1. The third-order valence-corrected chi connectivity index (χ3v) is 3.98. The van der Waals surface area contributed by atoms with Crippen LogP contribution in [0.3, 0.4) is 0 Å². The van der Waals surface area contributed by atoms with Crippen molar-refractivity contribution in [2.24, 2.45) is 0 Å². The quantitative estimate of drug-likeness (QED) is 0.600. The zero-order chi connectivity index (χ0) is 14.4. The van der Waals surface area contributed by atoms with E-state index in [0.29, 0.717) is 11.4 Å². The van der Waals surface area contributed by atoms with Gasteiger partial charge < -0.3 is 5.32 Å². The van der Waals surface area contributed by atoms with Crippen LogP contribution in [0.25, 0.3) is 0 Å². The second kappa shape index (κ2) is 7.64. The highest BCUT2D eigenvalue weighted by molar-refractivity contribution is 14.1. The van der Waals surface area contributed by atoms with E-state index < -0.39 is 0 Å². The van der Waals surface area contributed by atoms with Crippen LogP contribution in [0.5, 0.6) is 0 Å². The third-order valence-electron chi connectivity index (χ3n) is 2.93. The topological polar surface area (TPSA) is 29.1 Å². The van der Waals surface area contributed by atoms with Crippen molar-refractivity contribution >= 4 is 40.1 Å². The van der Waals surface area contributed by atoms with Crippen LogP contribution in [0.1, 0.15) is 15.9 Å². The van der Waals surface area contributed by atoms with E-state index in [1.807, 2.05) is 54.6 Å². The molecule has 2 aromatic carbocycles. The molecule has 0 aromatic heterocycles.